The van der Waals surface area contributed by atoms with Gasteiger partial charge in [0.15, 0.2) is 0 Å². The molecular weight excluding hydrogens is 300 g/mol. The van der Waals surface area contributed by atoms with Crippen molar-refractivity contribution in [3.8, 4) is 0 Å². The second-order valence-corrected chi connectivity index (χ2v) is 6.70. The number of nitrogens with zero attached hydrogens (tertiary/aromatic N) is 2. The normalized spacial score (nSPS) is 12.2. The molecule has 1 amide bonds. The third-order valence-electron chi connectivity index (χ3n) is 3.30. The van der Waals surface area contributed by atoms with Crippen LogP contribution in [0, 0.1) is 13.8 Å². The van der Waals surface area contributed by atoms with Crippen LogP contribution in [0.2, 0.25) is 0 Å². The van der Waals surface area contributed by atoms with E-state index in [2.05, 4.69) is 42.6 Å². The number of anilines is 1. The summed E-state index contributed by atoms with van der Waals surface area (Å²) >= 11 is 1.80. The van der Waals surface area contributed by atoms with Gasteiger partial charge in [-0.3, -0.25) is 9.48 Å². The smallest absolute Gasteiger partial charge is 0.241 e. The summed E-state index contributed by atoms with van der Waals surface area (Å²) in [5, 5.41) is 18.8. The fraction of sp³-hybridized carbons (Fsp3) is 0.467. The Kier molecular flexibility index (Phi) is 5.57. The Balaban J connectivity index is 1.94. The average molecular weight is 322 g/mol. The van der Waals surface area contributed by atoms with E-state index in [1.165, 1.54) is 15.3 Å². The number of carbonyl (C=O) groups excluding carboxylic acids is 1. The van der Waals surface area contributed by atoms with Crippen molar-refractivity contribution in [1.82, 2.24) is 15.1 Å². The first-order chi connectivity index (χ1) is 10.5. The number of hydrogen-bond acceptors (Lipinski definition) is 5. The first-order valence-corrected chi connectivity index (χ1v) is 8.04. The molecule has 6 nitrogen and oxygen atoms in total. The molecule has 0 bridgehead atoms. The van der Waals surface area contributed by atoms with Crippen molar-refractivity contribution in [3.63, 3.8) is 0 Å². The van der Waals surface area contributed by atoms with E-state index in [1.807, 2.05) is 6.20 Å². The van der Waals surface area contributed by atoms with Gasteiger partial charge in [0.1, 0.15) is 6.54 Å². The maximum absolute atomic E-state index is 11.6. The van der Waals surface area contributed by atoms with Crippen LogP contribution in [0.5, 0.6) is 0 Å². The van der Waals surface area contributed by atoms with Crippen LogP contribution in [0.4, 0.5) is 5.69 Å². The predicted molar refractivity (Wildman–Crippen MR) is 88.2 cm³/mol. The minimum Gasteiger partial charge on any atom is -0.395 e. The van der Waals surface area contributed by atoms with Crippen LogP contribution in [0.15, 0.2) is 18.5 Å². The Labute approximate surface area is 134 Å². The molecule has 7 heteroatoms. The zero-order chi connectivity index (χ0) is 16.1. The lowest BCUT2D eigenvalue weighted by atomic mass is 10.1. The first-order valence-electron chi connectivity index (χ1n) is 7.23. The number of aliphatic hydroxyl groups excluding tert-OH is 1. The largest absolute Gasteiger partial charge is 0.395 e. The molecule has 0 aliphatic carbocycles. The van der Waals surface area contributed by atoms with Gasteiger partial charge in [0.2, 0.25) is 5.91 Å². The average Bonchev–Trinajstić information content (AvgIpc) is 3.02. The van der Waals surface area contributed by atoms with Gasteiger partial charge in [-0.25, -0.2) is 0 Å². The van der Waals surface area contributed by atoms with Crippen LogP contribution in [0.25, 0.3) is 0 Å². The molecule has 0 aliphatic heterocycles. The van der Waals surface area contributed by atoms with Crippen LogP contribution in [0.3, 0.4) is 0 Å². The van der Waals surface area contributed by atoms with Gasteiger partial charge in [0.25, 0.3) is 0 Å². The van der Waals surface area contributed by atoms with Crippen LogP contribution >= 0.6 is 11.3 Å². The molecule has 0 fully saturated rings. The van der Waals surface area contributed by atoms with Gasteiger partial charge in [-0.2, -0.15) is 5.10 Å². The van der Waals surface area contributed by atoms with Crippen molar-refractivity contribution in [1.29, 1.82) is 0 Å². The SMILES string of the molecule is Cc1cc(C(C)Nc2cnn(CC(=O)NCCO)c2)c(C)s1. The minimum atomic E-state index is -0.166. The molecular formula is C15H22N4O2S. The van der Waals surface area contributed by atoms with Gasteiger partial charge < -0.3 is 15.7 Å². The number of thiophene rings is 1. The highest BCUT2D eigenvalue weighted by Crippen LogP contribution is 2.28. The van der Waals surface area contributed by atoms with Gasteiger partial charge in [0, 0.05) is 28.5 Å². The van der Waals surface area contributed by atoms with Gasteiger partial charge in [-0.1, -0.05) is 0 Å². The molecule has 0 saturated heterocycles. The highest BCUT2D eigenvalue weighted by atomic mass is 32.1. The molecule has 1 unspecified atom stereocenters. The van der Waals surface area contributed by atoms with E-state index in [0.29, 0.717) is 0 Å². The summed E-state index contributed by atoms with van der Waals surface area (Å²) in [6.07, 6.45) is 3.52. The fourth-order valence-corrected chi connectivity index (χ4v) is 3.35. The number of hydrogen-bond donors (Lipinski definition) is 3. The summed E-state index contributed by atoms with van der Waals surface area (Å²) in [5.41, 5.74) is 2.17. The summed E-state index contributed by atoms with van der Waals surface area (Å²) in [5.74, 6) is -0.166. The standard InChI is InChI=1S/C15H22N4O2S/c1-10-6-14(12(3)22-10)11(2)18-13-7-17-19(8-13)9-15(21)16-4-5-20/h6-8,11,18,20H,4-5,9H2,1-3H3,(H,16,21). The van der Waals surface area contributed by atoms with E-state index in [9.17, 15) is 4.79 Å². The second kappa shape index (κ2) is 7.42. The molecule has 0 aromatic carbocycles. The molecule has 0 radical (unpaired) electrons. The molecule has 2 rings (SSSR count). The fourth-order valence-electron chi connectivity index (χ4n) is 2.33. The number of aliphatic hydroxyl groups is 1. The van der Waals surface area contributed by atoms with E-state index in [0.717, 1.165) is 5.69 Å². The summed E-state index contributed by atoms with van der Waals surface area (Å²) < 4.78 is 1.58. The molecule has 2 aromatic heterocycles. The van der Waals surface area contributed by atoms with Crippen LogP contribution in [-0.2, 0) is 11.3 Å². The number of nitrogens with one attached hydrogen (secondary N) is 2. The molecule has 1 atom stereocenters. The first kappa shape index (κ1) is 16.5. The van der Waals surface area contributed by atoms with E-state index in [4.69, 9.17) is 5.11 Å². The molecule has 3 N–H and O–H groups in total. The predicted octanol–water partition coefficient (Wildman–Crippen LogP) is 1.84. The maximum Gasteiger partial charge on any atom is 0.241 e. The summed E-state index contributed by atoms with van der Waals surface area (Å²) in [6.45, 7) is 6.69. The molecule has 0 saturated carbocycles. The zero-order valence-electron chi connectivity index (χ0n) is 13.1. The molecule has 0 spiro atoms. The lowest BCUT2D eigenvalue weighted by Crippen LogP contribution is -2.30. The van der Waals surface area contributed by atoms with Gasteiger partial charge >= 0.3 is 0 Å². The quantitative estimate of drug-likeness (QED) is 0.727. The zero-order valence-corrected chi connectivity index (χ0v) is 13.9. The van der Waals surface area contributed by atoms with Gasteiger partial charge in [0.05, 0.1) is 18.5 Å². The Morgan fingerprint density at radius 2 is 2.27 bits per heavy atom. The third-order valence-corrected chi connectivity index (χ3v) is 4.28. The van der Waals surface area contributed by atoms with Crippen molar-refractivity contribution in [3.05, 3.63) is 33.8 Å². The highest BCUT2D eigenvalue weighted by Gasteiger charge is 2.12. The Morgan fingerprint density at radius 3 is 2.91 bits per heavy atom. The van der Waals surface area contributed by atoms with Crippen LogP contribution in [0.1, 0.15) is 28.3 Å². The second-order valence-electron chi connectivity index (χ2n) is 5.23. The lowest BCUT2D eigenvalue weighted by molar-refractivity contribution is -0.122. The Hall–Kier alpha value is -1.86. The van der Waals surface area contributed by atoms with E-state index < -0.39 is 0 Å². The summed E-state index contributed by atoms with van der Waals surface area (Å²) in [6, 6.07) is 2.38. The Bertz CT molecular complexity index is 635. The summed E-state index contributed by atoms with van der Waals surface area (Å²) in [7, 11) is 0. The van der Waals surface area contributed by atoms with Gasteiger partial charge in [-0.05, 0) is 32.4 Å². The van der Waals surface area contributed by atoms with Crippen molar-refractivity contribution in [2.45, 2.75) is 33.4 Å². The van der Waals surface area contributed by atoms with Crippen LogP contribution < -0.4 is 10.6 Å². The van der Waals surface area contributed by atoms with E-state index >= 15 is 0 Å². The van der Waals surface area contributed by atoms with Crippen molar-refractivity contribution >= 4 is 22.9 Å². The van der Waals surface area contributed by atoms with Crippen molar-refractivity contribution in [2.24, 2.45) is 0 Å². The molecule has 2 aromatic rings. The topological polar surface area (TPSA) is 79.2 Å². The van der Waals surface area contributed by atoms with E-state index in [-0.39, 0.29) is 31.6 Å². The van der Waals surface area contributed by atoms with Gasteiger partial charge in [-0.15, -0.1) is 11.3 Å². The monoisotopic (exact) mass is 322 g/mol. The summed E-state index contributed by atoms with van der Waals surface area (Å²) in [4.78, 5) is 14.2. The lowest BCUT2D eigenvalue weighted by Gasteiger charge is -2.13. The van der Waals surface area contributed by atoms with Crippen molar-refractivity contribution in [2.75, 3.05) is 18.5 Å². The number of carbonyl (C=O) groups is 1. The number of aromatic nitrogens is 2. The molecule has 22 heavy (non-hydrogen) atoms. The maximum atomic E-state index is 11.6. The van der Waals surface area contributed by atoms with Crippen molar-refractivity contribution < 1.29 is 9.90 Å². The number of amides is 1. The highest BCUT2D eigenvalue weighted by molar-refractivity contribution is 7.12. The number of aryl methyl sites for hydroxylation is 2. The minimum absolute atomic E-state index is 0.0609. The molecule has 120 valence electrons. The molecule has 2 heterocycles. The Morgan fingerprint density at radius 1 is 1.50 bits per heavy atom. The number of rotatable bonds is 7. The molecule has 0 aliphatic rings. The third kappa shape index (κ3) is 4.32. The van der Waals surface area contributed by atoms with Crippen LogP contribution in [-0.4, -0.2) is 33.9 Å². The van der Waals surface area contributed by atoms with E-state index in [1.54, 1.807) is 22.2 Å².